The molecule has 0 bridgehead atoms. The molecule has 0 saturated carbocycles. The zero-order chi connectivity index (χ0) is 19.5. The van der Waals surface area contributed by atoms with Crippen molar-refractivity contribution in [1.82, 2.24) is 20.9 Å². The number of hydrogen-bond acceptors (Lipinski definition) is 4. The third-order valence-corrected chi connectivity index (χ3v) is 4.64. The van der Waals surface area contributed by atoms with Crippen molar-refractivity contribution in [3.8, 4) is 5.75 Å². The van der Waals surface area contributed by atoms with E-state index in [0.29, 0.717) is 19.6 Å². The Labute approximate surface area is 162 Å². The zero-order valence-electron chi connectivity index (χ0n) is 16.8. The number of nitrogens with zero attached hydrogens (tertiary/aromatic N) is 2. The van der Waals surface area contributed by atoms with Gasteiger partial charge in [0.1, 0.15) is 5.75 Å². The van der Waals surface area contributed by atoms with E-state index in [4.69, 9.17) is 9.73 Å². The van der Waals surface area contributed by atoms with Gasteiger partial charge in [0.2, 0.25) is 5.91 Å². The van der Waals surface area contributed by atoms with Crippen molar-refractivity contribution < 1.29 is 9.53 Å². The maximum absolute atomic E-state index is 11.0. The highest BCUT2D eigenvalue weighted by Gasteiger charge is 2.23. The lowest BCUT2D eigenvalue weighted by Crippen LogP contribution is -2.41. The average molecular weight is 376 g/mol. The molecule has 1 heterocycles. The Morgan fingerprint density at radius 1 is 1.15 bits per heavy atom. The Balaban J connectivity index is 2.04. The number of methoxy groups -OCH3 is 1. The number of benzene rings is 1. The molecule has 0 aromatic heterocycles. The van der Waals surface area contributed by atoms with Crippen LogP contribution < -0.4 is 20.7 Å². The first-order valence-electron chi connectivity index (χ1n) is 9.78. The summed E-state index contributed by atoms with van der Waals surface area (Å²) in [7, 11) is 1.69. The highest BCUT2D eigenvalue weighted by atomic mass is 16.5. The number of likely N-dealkylation sites (tertiary alicyclic amines) is 1. The third kappa shape index (κ3) is 7.09. The van der Waals surface area contributed by atoms with Crippen LogP contribution in [0, 0.1) is 0 Å². The van der Waals surface area contributed by atoms with E-state index in [1.807, 2.05) is 19.1 Å². The molecule has 1 amide bonds. The highest BCUT2D eigenvalue weighted by molar-refractivity contribution is 5.79. The Morgan fingerprint density at radius 3 is 2.41 bits per heavy atom. The molecule has 1 atom stereocenters. The molecule has 0 spiro atoms. The van der Waals surface area contributed by atoms with Crippen molar-refractivity contribution in [2.45, 2.75) is 32.7 Å². The Morgan fingerprint density at radius 2 is 1.81 bits per heavy atom. The fraction of sp³-hybridized carbons (Fsp3) is 0.600. The maximum atomic E-state index is 11.0. The Hall–Kier alpha value is -2.28. The summed E-state index contributed by atoms with van der Waals surface area (Å²) in [5, 5.41) is 9.34. The molecular formula is C20H33N5O2. The van der Waals surface area contributed by atoms with E-state index in [1.54, 1.807) is 7.11 Å². The molecule has 2 rings (SSSR count). The van der Waals surface area contributed by atoms with Gasteiger partial charge in [-0.2, -0.15) is 0 Å². The van der Waals surface area contributed by atoms with E-state index in [-0.39, 0.29) is 11.9 Å². The number of amides is 1. The van der Waals surface area contributed by atoms with Gasteiger partial charge >= 0.3 is 0 Å². The first-order chi connectivity index (χ1) is 13.1. The minimum atomic E-state index is -0.0210. The van der Waals surface area contributed by atoms with Gasteiger partial charge in [-0.25, -0.2) is 0 Å². The molecule has 150 valence electrons. The van der Waals surface area contributed by atoms with E-state index in [9.17, 15) is 4.79 Å². The van der Waals surface area contributed by atoms with Crippen LogP contribution in [0.15, 0.2) is 29.3 Å². The van der Waals surface area contributed by atoms with Crippen LogP contribution in [0.25, 0.3) is 0 Å². The summed E-state index contributed by atoms with van der Waals surface area (Å²) in [6.07, 6.45) is 2.48. The predicted octanol–water partition coefficient (Wildman–Crippen LogP) is 1.52. The molecule has 27 heavy (non-hydrogen) atoms. The maximum Gasteiger partial charge on any atom is 0.216 e. The van der Waals surface area contributed by atoms with Gasteiger partial charge in [0.15, 0.2) is 5.96 Å². The smallest absolute Gasteiger partial charge is 0.216 e. The number of guanidine groups is 1. The number of carbonyl (C=O) groups excluding carboxylic acids is 1. The summed E-state index contributed by atoms with van der Waals surface area (Å²) in [6.45, 7) is 8.49. The highest BCUT2D eigenvalue weighted by Crippen LogP contribution is 2.27. The molecule has 1 unspecified atom stereocenters. The second kappa shape index (κ2) is 11.4. The quantitative estimate of drug-likeness (QED) is 0.347. The second-order valence-corrected chi connectivity index (χ2v) is 6.66. The van der Waals surface area contributed by atoms with Crippen LogP contribution in [0.5, 0.6) is 5.75 Å². The van der Waals surface area contributed by atoms with Gasteiger partial charge in [0.05, 0.1) is 19.7 Å². The van der Waals surface area contributed by atoms with Gasteiger partial charge in [-0.15, -0.1) is 0 Å². The van der Waals surface area contributed by atoms with Crippen LogP contribution in [0.2, 0.25) is 0 Å². The molecule has 0 radical (unpaired) electrons. The number of nitrogens with one attached hydrogen (secondary N) is 3. The van der Waals surface area contributed by atoms with Crippen LogP contribution in [0.1, 0.15) is 38.3 Å². The molecule has 1 aromatic carbocycles. The van der Waals surface area contributed by atoms with Crippen LogP contribution in [-0.4, -0.2) is 63.1 Å². The number of aliphatic imine (C=N–C) groups is 1. The lowest BCUT2D eigenvalue weighted by molar-refractivity contribution is -0.118. The summed E-state index contributed by atoms with van der Waals surface area (Å²) < 4.78 is 5.29. The van der Waals surface area contributed by atoms with E-state index >= 15 is 0 Å². The minimum absolute atomic E-state index is 0.0210. The van der Waals surface area contributed by atoms with Crippen molar-refractivity contribution in [1.29, 1.82) is 0 Å². The van der Waals surface area contributed by atoms with Gasteiger partial charge in [0, 0.05) is 26.6 Å². The minimum Gasteiger partial charge on any atom is -0.497 e. The van der Waals surface area contributed by atoms with Crippen LogP contribution in [0.3, 0.4) is 0 Å². The molecule has 1 fully saturated rings. The summed E-state index contributed by atoms with van der Waals surface area (Å²) >= 11 is 0. The zero-order valence-corrected chi connectivity index (χ0v) is 16.8. The van der Waals surface area contributed by atoms with Gasteiger partial charge in [-0.1, -0.05) is 12.1 Å². The summed E-state index contributed by atoms with van der Waals surface area (Å²) in [5.74, 6) is 1.63. The molecular weight excluding hydrogens is 342 g/mol. The van der Waals surface area contributed by atoms with Gasteiger partial charge in [-0.3, -0.25) is 14.7 Å². The molecule has 7 nitrogen and oxygen atoms in total. The molecule has 1 aliphatic heterocycles. The molecule has 3 N–H and O–H groups in total. The van der Waals surface area contributed by atoms with E-state index < -0.39 is 0 Å². The summed E-state index contributed by atoms with van der Waals surface area (Å²) in [5.41, 5.74) is 1.26. The van der Waals surface area contributed by atoms with E-state index in [0.717, 1.165) is 31.3 Å². The lowest BCUT2D eigenvalue weighted by Gasteiger charge is -2.27. The number of carbonyl (C=O) groups is 1. The van der Waals surface area contributed by atoms with Gasteiger partial charge < -0.3 is 20.7 Å². The first kappa shape index (κ1) is 21.0. The van der Waals surface area contributed by atoms with Crippen molar-refractivity contribution >= 4 is 11.9 Å². The predicted molar refractivity (Wildman–Crippen MR) is 109 cm³/mol. The Bertz CT molecular complexity index is 597. The third-order valence-electron chi connectivity index (χ3n) is 4.64. The molecule has 0 aliphatic carbocycles. The fourth-order valence-electron chi connectivity index (χ4n) is 3.25. The van der Waals surface area contributed by atoms with Crippen molar-refractivity contribution in [2.75, 3.05) is 46.4 Å². The second-order valence-electron chi connectivity index (χ2n) is 6.66. The standard InChI is InChI=1S/C20H33N5O2/c1-4-21-20(23-12-11-22-16(2)26)24-15-19(25-13-5-6-14-25)17-7-9-18(27-3)10-8-17/h7-10,19H,4-6,11-15H2,1-3H3,(H,22,26)(H2,21,23,24). The molecule has 1 saturated heterocycles. The number of ether oxygens (including phenoxy) is 1. The number of rotatable bonds is 9. The SMILES string of the molecule is CCNC(=NCC(c1ccc(OC)cc1)N1CCCC1)NCCNC(C)=O. The monoisotopic (exact) mass is 375 g/mol. The van der Waals surface area contributed by atoms with Crippen LogP contribution in [0.4, 0.5) is 0 Å². The van der Waals surface area contributed by atoms with Crippen molar-refractivity contribution in [3.05, 3.63) is 29.8 Å². The van der Waals surface area contributed by atoms with Crippen LogP contribution >= 0.6 is 0 Å². The fourth-order valence-corrected chi connectivity index (χ4v) is 3.25. The van der Waals surface area contributed by atoms with Crippen molar-refractivity contribution in [3.63, 3.8) is 0 Å². The summed E-state index contributed by atoms with van der Waals surface area (Å²) in [4.78, 5) is 18.3. The molecule has 1 aromatic rings. The van der Waals surface area contributed by atoms with Crippen molar-refractivity contribution in [2.24, 2.45) is 4.99 Å². The topological polar surface area (TPSA) is 78.0 Å². The van der Waals surface area contributed by atoms with Crippen LogP contribution in [-0.2, 0) is 4.79 Å². The largest absolute Gasteiger partial charge is 0.497 e. The van der Waals surface area contributed by atoms with Gasteiger partial charge in [-0.05, 0) is 50.6 Å². The molecule has 1 aliphatic rings. The lowest BCUT2D eigenvalue weighted by atomic mass is 10.1. The molecule has 7 heteroatoms. The normalized spacial score (nSPS) is 16.0. The van der Waals surface area contributed by atoms with Gasteiger partial charge in [0.25, 0.3) is 0 Å². The van der Waals surface area contributed by atoms with E-state index in [2.05, 4.69) is 33.0 Å². The summed E-state index contributed by atoms with van der Waals surface area (Å²) in [6, 6.07) is 8.55. The first-order valence-corrected chi connectivity index (χ1v) is 9.78. The Kier molecular flexibility index (Phi) is 8.91. The van der Waals surface area contributed by atoms with E-state index in [1.165, 1.54) is 25.3 Å². The average Bonchev–Trinajstić information content (AvgIpc) is 3.20. The number of hydrogen-bond donors (Lipinski definition) is 3.